The van der Waals surface area contributed by atoms with Crippen LogP contribution in [0.25, 0.3) is 0 Å². The monoisotopic (exact) mass is 391 g/mol. The van der Waals surface area contributed by atoms with Crippen LogP contribution >= 0.6 is 23.2 Å². The first-order valence-corrected chi connectivity index (χ1v) is 10.0. The average Bonchev–Trinajstić information content (AvgIpc) is 3.28. The van der Waals surface area contributed by atoms with Gasteiger partial charge < -0.3 is 5.32 Å². The normalized spacial score (nSPS) is 24.2. The molecule has 0 aliphatic heterocycles. The lowest BCUT2D eigenvalue weighted by Gasteiger charge is -2.20. The van der Waals surface area contributed by atoms with Crippen LogP contribution in [0.4, 0.5) is 5.82 Å². The molecule has 1 aromatic carbocycles. The topological polar surface area (TPSA) is 46.9 Å². The van der Waals surface area contributed by atoms with Crippen molar-refractivity contribution in [2.75, 3.05) is 5.32 Å². The zero-order valence-corrected chi connectivity index (χ0v) is 16.4. The maximum absolute atomic E-state index is 12.4. The summed E-state index contributed by atoms with van der Waals surface area (Å²) in [5.41, 5.74) is 2.01. The van der Waals surface area contributed by atoms with Crippen molar-refractivity contribution in [2.45, 2.75) is 45.6 Å². The highest BCUT2D eigenvalue weighted by Gasteiger charge is 2.40. The predicted octanol–water partition coefficient (Wildman–Crippen LogP) is 5.31. The van der Waals surface area contributed by atoms with Crippen molar-refractivity contribution < 1.29 is 4.79 Å². The smallest absolute Gasteiger partial charge is 0.225 e. The zero-order chi connectivity index (χ0) is 18.3. The number of aromatic nitrogens is 2. The molecule has 0 radical (unpaired) electrons. The largest absolute Gasteiger partial charge is 0.309 e. The van der Waals surface area contributed by atoms with Crippen molar-refractivity contribution in [2.24, 2.45) is 17.8 Å². The lowest BCUT2D eigenvalue weighted by molar-refractivity contribution is -0.117. The summed E-state index contributed by atoms with van der Waals surface area (Å²) in [5, 5.41) is 8.58. The number of rotatable bonds is 5. The molecule has 1 aromatic heterocycles. The highest BCUT2D eigenvalue weighted by molar-refractivity contribution is 6.42. The quantitative estimate of drug-likeness (QED) is 0.750. The van der Waals surface area contributed by atoms with Gasteiger partial charge in [-0.25, -0.2) is 0 Å². The van der Waals surface area contributed by atoms with Crippen molar-refractivity contribution in [3.8, 4) is 0 Å². The third kappa shape index (κ3) is 3.77. The summed E-state index contributed by atoms with van der Waals surface area (Å²) in [6.45, 7) is 2.57. The van der Waals surface area contributed by atoms with Gasteiger partial charge in [0.25, 0.3) is 0 Å². The molecule has 2 bridgehead atoms. The van der Waals surface area contributed by atoms with Crippen molar-refractivity contribution in [3.63, 3.8) is 0 Å². The molecular weight excluding hydrogens is 369 g/mol. The Hall–Kier alpha value is -1.52. The lowest BCUT2D eigenvalue weighted by atomic mass is 9.86. The lowest BCUT2D eigenvalue weighted by Crippen LogP contribution is -2.20. The highest BCUT2D eigenvalue weighted by atomic mass is 35.5. The molecule has 1 N–H and O–H groups in total. The van der Waals surface area contributed by atoms with Gasteiger partial charge in [-0.15, -0.1) is 0 Å². The second-order valence-corrected chi connectivity index (χ2v) is 8.58. The van der Waals surface area contributed by atoms with Gasteiger partial charge in [0.1, 0.15) is 0 Å². The van der Waals surface area contributed by atoms with E-state index < -0.39 is 0 Å². The molecule has 3 unspecified atom stereocenters. The number of hydrogen-bond donors (Lipinski definition) is 1. The standard InChI is InChI=1S/C20H23Cl2N3O/c1-12-6-19(23-20(26)10-16-8-13-2-4-15(16)7-13)24-25(12)11-14-3-5-17(21)18(22)9-14/h3,5-6,9,13,15-16H,2,4,7-8,10-11H2,1H3,(H,23,24,26). The number of nitrogens with zero attached hydrogens (tertiary/aromatic N) is 2. The van der Waals surface area contributed by atoms with Crippen molar-refractivity contribution >= 4 is 34.9 Å². The molecule has 2 fully saturated rings. The summed E-state index contributed by atoms with van der Waals surface area (Å²) in [7, 11) is 0. The van der Waals surface area contributed by atoms with E-state index >= 15 is 0 Å². The maximum atomic E-state index is 12.4. The van der Waals surface area contributed by atoms with E-state index in [1.165, 1.54) is 25.7 Å². The third-order valence-electron chi connectivity index (χ3n) is 5.90. The molecule has 6 heteroatoms. The fraction of sp³-hybridized carbons (Fsp3) is 0.500. The fourth-order valence-electron chi connectivity index (χ4n) is 4.60. The number of aryl methyl sites for hydroxylation is 1. The molecule has 2 aliphatic carbocycles. The number of anilines is 1. The van der Waals surface area contributed by atoms with E-state index in [4.69, 9.17) is 23.2 Å². The minimum Gasteiger partial charge on any atom is -0.309 e. The number of nitrogens with one attached hydrogen (secondary N) is 1. The Bertz CT molecular complexity index is 832. The van der Waals surface area contributed by atoms with Crippen molar-refractivity contribution in [3.05, 3.63) is 45.6 Å². The molecule has 0 saturated heterocycles. The molecule has 2 saturated carbocycles. The number of fused-ring (bicyclic) bond motifs is 2. The van der Waals surface area contributed by atoms with Gasteiger partial charge in [0, 0.05) is 18.2 Å². The first kappa shape index (κ1) is 17.9. The summed E-state index contributed by atoms with van der Waals surface area (Å²) >= 11 is 12.1. The molecular formula is C20H23Cl2N3O. The first-order valence-electron chi connectivity index (χ1n) is 9.26. The summed E-state index contributed by atoms with van der Waals surface area (Å²) in [4.78, 5) is 12.4. The number of amides is 1. The van der Waals surface area contributed by atoms with Crippen LogP contribution in [-0.4, -0.2) is 15.7 Å². The van der Waals surface area contributed by atoms with Crippen LogP contribution in [0.2, 0.25) is 10.0 Å². The van der Waals surface area contributed by atoms with Gasteiger partial charge in [-0.05, 0) is 61.6 Å². The van der Waals surface area contributed by atoms with E-state index in [0.29, 0.717) is 34.7 Å². The number of hydrogen-bond acceptors (Lipinski definition) is 2. The molecule has 4 nitrogen and oxygen atoms in total. The van der Waals surface area contributed by atoms with Crippen LogP contribution in [0.1, 0.15) is 43.4 Å². The summed E-state index contributed by atoms with van der Waals surface area (Å²) < 4.78 is 1.87. The molecule has 0 spiro atoms. The summed E-state index contributed by atoms with van der Waals surface area (Å²) in [5.74, 6) is 2.90. The van der Waals surface area contributed by atoms with Gasteiger partial charge in [0.15, 0.2) is 5.82 Å². The SMILES string of the molecule is Cc1cc(NC(=O)CC2CC3CCC2C3)nn1Cc1ccc(Cl)c(Cl)c1. The Labute approximate surface area is 163 Å². The van der Waals surface area contributed by atoms with E-state index in [0.717, 1.165) is 23.1 Å². The van der Waals surface area contributed by atoms with Gasteiger partial charge in [0.05, 0.1) is 16.6 Å². The Kier molecular flexibility index (Phi) is 4.98. The van der Waals surface area contributed by atoms with Crippen LogP contribution in [0.15, 0.2) is 24.3 Å². The van der Waals surface area contributed by atoms with E-state index in [2.05, 4.69) is 10.4 Å². The molecule has 1 amide bonds. The van der Waals surface area contributed by atoms with Gasteiger partial charge >= 0.3 is 0 Å². The number of carbonyl (C=O) groups is 1. The maximum Gasteiger partial charge on any atom is 0.225 e. The molecule has 4 rings (SSSR count). The minimum atomic E-state index is 0.0849. The van der Waals surface area contributed by atoms with Crippen LogP contribution in [0.5, 0.6) is 0 Å². The molecule has 2 aliphatic rings. The number of benzene rings is 1. The Morgan fingerprint density at radius 2 is 2.08 bits per heavy atom. The van der Waals surface area contributed by atoms with E-state index in [1.807, 2.05) is 29.8 Å². The minimum absolute atomic E-state index is 0.0849. The zero-order valence-electron chi connectivity index (χ0n) is 14.8. The van der Waals surface area contributed by atoms with Crippen LogP contribution < -0.4 is 5.32 Å². The predicted molar refractivity (Wildman–Crippen MR) is 105 cm³/mol. The van der Waals surface area contributed by atoms with Crippen molar-refractivity contribution in [1.82, 2.24) is 9.78 Å². The number of carbonyl (C=O) groups excluding carboxylic acids is 1. The van der Waals surface area contributed by atoms with E-state index in [9.17, 15) is 4.79 Å². The molecule has 138 valence electrons. The van der Waals surface area contributed by atoms with Gasteiger partial charge in [-0.2, -0.15) is 5.10 Å². The second kappa shape index (κ2) is 7.24. The van der Waals surface area contributed by atoms with Gasteiger partial charge in [0.2, 0.25) is 5.91 Å². The van der Waals surface area contributed by atoms with Crippen LogP contribution in [-0.2, 0) is 11.3 Å². The summed E-state index contributed by atoms with van der Waals surface area (Å²) in [6.07, 6.45) is 5.85. The summed E-state index contributed by atoms with van der Waals surface area (Å²) in [6, 6.07) is 7.48. The third-order valence-corrected chi connectivity index (χ3v) is 6.64. The van der Waals surface area contributed by atoms with Gasteiger partial charge in [-0.1, -0.05) is 35.7 Å². The van der Waals surface area contributed by atoms with Gasteiger partial charge in [-0.3, -0.25) is 9.48 Å². The van der Waals surface area contributed by atoms with E-state index in [-0.39, 0.29) is 5.91 Å². The first-order chi connectivity index (χ1) is 12.5. The Morgan fingerprint density at radius 3 is 2.77 bits per heavy atom. The van der Waals surface area contributed by atoms with Crippen molar-refractivity contribution in [1.29, 1.82) is 0 Å². The average molecular weight is 392 g/mol. The molecule has 2 aromatic rings. The highest BCUT2D eigenvalue weighted by Crippen LogP contribution is 2.49. The number of halogens is 2. The molecule has 1 heterocycles. The van der Waals surface area contributed by atoms with Crippen LogP contribution in [0, 0.1) is 24.7 Å². The molecule has 3 atom stereocenters. The molecule has 26 heavy (non-hydrogen) atoms. The fourth-order valence-corrected chi connectivity index (χ4v) is 4.92. The second-order valence-electron chi connectivity index (χ2n) is 7.76. The van der Waals surface area contributed by atoms with Crippen LogP contribution in [0.3, 0.4) is 0 Å². The Morgan fingerprint density at radius 1 is 1.23 bits per heavy atom. The van der Waals surface area contributed by atoms with E-state index in [1.54, 1.807) is 6.07 Å². The Balaban J connectivity index is 1.38.